The Bertz CT molecular complexity index is 660. The molecule has 0 radical (unpaired) electrons. The highest BCUT2D eigenvalue weighted by molar-refractivity contribution is 7.98. The Morgan fingerprint density at radius 1 is 1.21 bits per heavy atom. The largest absolute Gasteiger partial charge is 0.390 e. The molecule has 0 saturated heterocycles. The molecule has 24 heavy (non-hydrogen) atoms. The van der Waals surface area contributed by atoms with E-state index >= 15 is 0 Å². The zero-order chi connectivity index (χ0) is 17.6. The molecule has 0 saturated carbocycles. The van der Waals surface area contributed by atoms with Crippen LogP contribution in [0.5, 0.6) is 0 Å². The molecule has 1 aromatic carbocycles. The molecule has 2 rings (SSSR count). The van der Waals surface area contributed by atoms with Gasteiger partial charge in [0.2, 0.25) is 0 Å². The van der Waals surface area contributed by atoms with Crippen LogP contribution in [0.15, 0.2) is 53.7 Å². The molecule has 0 aliphatic carbocycles. The van der Waals surface area contributed by atoms with Gasteiger partial charge >= 0.3 is 6.18 Å². The SMILES string of the molecule is CN(CCC(F)(F)F)C(=O)c1ccc(SCc2cccnc2)cc1. The van der Waals surface area contributed by atoms with Crippen LogP contribution in [0.4, 0.5) is 13.2 Å². The number of carbonyl (C=O) groups is 1. The van der Waals surface area contributed by atoms with Gasteiger partial charge < -0.3 is 4.90 Å². The standard InChI is InChI=1S/C17H17F3N2OS/c1-22(10-8-17(18,19)20)16(23)14-4-6-15(7-5-14)24-12-13-3-2-9-21-11-13/h2-7,9,11H,8,10,12H2,1H3. The molecule has 0 atom stereocenters. The van der Waals surface area contributed by atoms with Gasteiger partial charge in [0.25, 0.3) is 5.91 Å². The number of amides is 1. The number of benzene rings is 1. The molecular weight excluding hydrogens is 337 g/mol. The number of carbonyl (C=O) groups excluding carboxylic acids is 1. The first-order valence-corrected chi connectivity index (χ1v) is 8.28. The van der Waals surface area contributed by atoms with Crippen molar-refractivity contribution in [3.8, 4) is 0 Å². The second-order valence-electron chi connectivity index (χ2n) is 5.27. The summed E-state index contributed by atoms with van der Waals surface area (Å²) in [6, 6.07) is 10.7. The lowest BCUT2D eigenvalue weighted by Gasteiger charge is -2.18. The number of hydrogen-bond acceptors (Lipinski definition) is 3. The van der Waals surface area contributed by atoms with E-state index in [0.29, 0.717) is 5.56 Å². The topological polar surface area (TPSA) is 33.2 Å². The van der Waals surface area contributed by atoms with E-state index in [2.05, 4.69) is 4.98 Å². The van der Waals surface area contributed by atoms with Crippen LogP contribution in [0.25, 0.3) is 0 Å². The Morgan fingerprint density at radius 3 is 2.50 bits per heavy atom. The van der Waals surface area contributed by atoms with Gasteiger partial charge in [-0.3, -0.25) is 9.78 Å². The third-order valence-corrected chi connectivity index (χ3v) is 4.39. The van der Waals surface area contributed by atoms with Crippen LogP contribution in [0.2, 0.25) is 0 Å². The summed E-state index contributed by atoms with van der Waals surface area (Å²) in [5, 5.41) is 0. The van der Waals surface area contributed by atoms with Crippen molar-refractivity contribution in [3.63, 3.8) is 0 Å². The molecule has 0 aliphatic rings. The molecule has 0 bridgehead atoms. The fourth-order valence-corrected chi connectivity index (χ4v) is 2.79. The molecule has 0 N–H and O–H groups in total. The van der Waals surface area contributed by atoms with Gasteiger partial charge in [0.1, 0.15) is 0 Å². The van der Waals surface area contributed by atoms with Crippen molar-refractivity contribution in [2.45, 2.75) is 23.2 Å². The Hall–Kier alpha value is -2.02. The third kappa shape index (κ3) is 5.88. The Balaban J connectivity index is 1.90. The maximum Gasteiger partial charge on any atom is 0.390 e. The second kappa shape index (κ2) is 8.19. The van der Waals surface area contributed by atoms with E-state index in [9.17, 15) is 18.0 Å². The molecule has 7 heteroatoms. The van der Waals surface area contributed by atoms with E-state index in [0.717, 1.165) is 21.1 Å². The summed E-state index contributed by atoms with van der Waals surface area (Å²) in [5.74, 6) is 0.343. The van der Waals surface area contributed by atoms with Gasteiger partial charge in [-0.05, 0) is 35.9 Å². The summed E-state index contributed by atoms with van der Waals surface area (Å²) in [6.45, 7) is -0.347. The van der Waals surface area contributed by atoms with E-state index in [1.165, 1.54) is 7.05 Å². The smallest absolute Gasteiger partial charge is 0.341 e. The van der Waals surface area contributed by atoms with Gasteiger partial charge in [-0.25, -0.2) is 0 Å². The predicted octanol–water partition coefficient (Wildman–Crippen LogP) is 4.40. The molecule has 3 nitrogen and oxygen atoms in total. The molecular formula is C17H17F3N2OS. The highest BCUT2D eigenvalue weighted by atomic mass is 32.2. The molecule has 0 fully saturated rings. The van der Waals surface area contributed by atoms with Crippen LogP contribution >= 0.6 is 11.8 Å². The molecule has 128 valence electrons. The van der Waals surface area contributed by atoms with E-state index in [1.807, 2.05) is 12.1 Å². The minimum atomic E-state index is -4.26. The van der Waals surface area contributed by atoms with Crippen molar-refractivity contribution < 1.29 is 18.0 Å². The fraction of sp³-hybridized carbons (Fsp3) is 0.294. The molecule has 0 unspecified atom stereocenters. The lowest BCUT2D eigenvalue weighted by atomic mass is 10.2. The van der Waals surface area contributed by atoms with Crippen LogP contribution in [0, 0.1) is 0 Å². The summed E-state index contributed by atoms with van der Waals surface area (Å²) >= 11 is 1.60. The van der Waals surface area contributed by atoms with E-state index in [4.69, 9.17) is 0 Å². The summed E-state index contributed by atoms with van der Waals surface area (Å²) in [6.07, 6.45) is -1.76. The average Bonchev–Trinajstić information content (AvgIpc) is 2.58. The van der Waals surface area contributed by atoms with Gasteiger partial charge in [-0.15, -0.1) is 11.8 Å². The van der Waals surface area contributed by atoms with Crippen LogP contribution in [-0.2, 0) is 5.75 Å². The minimum absolute atomic E-state index is 0.347. The average molecular weight is 354 g/mol. The molecule has 0 aliphatic heterocycles. The fourth-order valence-electron chi connectivity index (χ4n) is 1.96. The summed E-state index contributed by atoms with van der Waals surface area (Å²) in [5.41, 5.74) is 1.47. The predicted molar refractivity (Wildman–Crippen MR) is 87.9 cm³/mol. The number of thioether (sulfide) groups is 1. The number of aromatic nitrogens is 1. The number of pyridine rings is 1. The third-order valence-electron chi connectivity index (χ3n) is 3.31. The van der Waals surface area contributed by atoms with Crippen molar-refractivity contribution in [2.24, 2.45) is 0 Å². The number of halogens is 3. The Morgan fingerprint density at radius 2 is 1.92 bits per heavy atom. The summed E-state index contributed by atoms with van der Waals surface area (Å²) < 4.78 is 36.6. The number of rotatable bonds is 6. The monoisotopic (exact) mass is 354 g/mol. The van der Waals surface area contributed by atoms with E-state index < -0.39 is 18.5 Å². The Kier molecular flexibility index (Phi) is 6.25. The van der Waals surface area contributed by atoms with Crippen LogP contribution in [0.1, 0.15) is 22.3 Å². The molecule has 2 aromatic rings. The summed E-state index contributed by atoms with van der Waals surface area (Å²) in [4.78, 5) is 18.2. The van der Waals surface area contributed by atoms with Gasteiger partial charge in [0, 0.05) is 42.2 Å². The lowest BCUT2D eigenvalue weighted by molar-refractivity contribution is -0.136. The Labute approximate surface area is 142 Å². The zero-order valence-electron chi connectivity index (χ0n) is 13.1. The molecule has 0 spiro atoms. The maximum absolute atomic E-state index is 12.2. The first kappa shape index (κ1) is 18.3. The molecule has 1 amide bonds. The lowest BCUT2D eigenvalue weighted by Crippen LogP contribution is -2.30. The van der Waals surface area contributed by atoms with Gasteiger partial charge in [-0.1, -0.05) is 6.07 Å². The van der Waals surface area contributed by atoms with Gasteiger partial charge in [-0.2, -0.15) is 13.2 Å². The first-order valence-electron chi connectivity index (χ1n) is 7.29. The second-order valence-corrected chi connectivity index (χ2v) is 6.31. The van der Waals surface area contributed by atoms with Crippen LogP contribution in [0.3, 0.4) is 0 Å². The van der Waals surface area contributed by atoms with Crippen molar-refractivity contribution in [1.29, 1.82) is 0 Å². The van der Waals surface area contributed by atoms with Gasteiger partial charge in [0.05, 0.1) is 6.42 Å². The normalized spacial score (nSPS) is 11.3. The van der Waals surface area contributed by atoms with Crippen molar-refractivity contribution in [1.82, 2.24) is 9.88 Å². The van der Waals surface area contributed by atoms with E-state index in [1.54, 1.807) is 48.4 Å². The quantitative estimate of drug-likeness (QED) is 0.721. The van der Waals surface area contributed by atoms with Crippen LogP contribution < -0.4 is 0 Å². The van der Waals surface area contributed by atoms with Gasteiger partial charge in [0.15, 0.2) is 0 Å². The number of hydrogen-bond donors (Lipinski definition) is 0. The van der Waals surface area contributed by atoms with Crippen molar-refractivity contribution in [3.05, 3.63) is 59.9 Å². The first-order chi connectivity index (χ1) is 11.3. The molecule has 1 aromatic heterocycles. The zero-order valence-corrected chi connectivity index (χ0v) is 13.9. The highest BCUT2D eigenvalue weighted by Gasteiger charge is 2.28. The number of alkyl halides is 3. The maximum atomic E-state index is 12.2. The highest BCUT2D eigenvalue weighted by Crippen LogP contribution is 2.23. The van der Waals surface area contributed by atoms with Crippen molar-refractivity contribution >= 4 is 17.7 Å². The summed E-state index contributed by atoms with van der Waals surface area (Å²) in [7, 11) is 1.37. The van der Waals surface area contributed by atoms with E-state index in [-0.39, 0.29) is 6.54 Å². The van der Waals surface area contributed by atoms with Crippen LogP contribution in [-0.4, -0.2) is 35.6 Å². The molecule has 1 heterocycles. The van der Waals surface area contributed by atoms with Crippen molar-refractivity contribution in [2.75, 3.05) is 13.6 Å². The number of nitrogens with zero attached hydrogens (tertiary/aromatic N) is 2. The minimum Gasteiger partial charge on any atom is -0.341 e.